The molecule has 1 aliphatic heterocycles. The van der Waals surface area contributed by atoms with Crippen molar-refractivity contribution in [3.8, 4) is 10.6 Å². The largest absolute Gasteiger partial charge is 0.369 e. The van der Waals surface area contributed by atoms with Gasteiger partial charge in [0, 0.05) is 24.9 Å². The number of fused-ring (bicyclic) bond motifs is 2. The highest BCUT2D eigenvalue weighted by atomic mass is 32.1. The lowest BCUT2D eigenvalue weighted by Crippen LogP contribution is -2.54. The Balaban J connectivity index is 2.18. The van der Waals surface area contributed by atoms with Crippen LogP contribution in [-0.2, 0) is 0 Å². The maximum absolute atomic E-state index is 4.79. The van der Waals surface area contributed by atoms with Crippen LogP contribution < -0.4 is 20.6 Å². The Morgan fingerprint density at radius 3 is 2.73 bits per heavy atom. The average molecular weight is 314 g/mol. The molecule has 1 aliphatic carbocycles. The third-order valence-corrected chi connectivity index (χ3v) is 4.89. The van der Waals surface area contributed by atoms with Gasteiger partial charge in [0.25, 0.3) is 0 Å². The number of quaternary nitrogens is 1. The van der Waals surface area contributed by atoms with E-state index < -0.39 is 0 Å². The van der Waals surface area contributed by atoms with E-state index in [1.165, 1.54) is 20.6 Å². The van der Waals surface area contributed by atoms with Crippen molar-refractivity contribution in [3.63, 3.8) is 0 Å². The van der Waals surface area contributed by atoms with Gasteiger partial charge in [-0.15, -0.1) is 11.3 Å². The Morgan fingerprint density at radius 2 is 2.00 bits per heavy atom. The van der Waals surface area contributed by atoms with Gasteiger partial charge in [0.1, 0.15) is 14.1 Å². The number of benzene rings is 2. The number of hydrogen-bond donors (Lipinski definition) is 1. The Hall–Kier alpha value is -1.98. The number of aromatic nitrogens is 1. The van der Waals surface area contributed by atoms with Crippen LogP contribution in [-0.4, -0.2) is 39.2 Å². The van der Waals surface area contributed by atoms with Gasteiger partial charge >= 0.3 is 0 Å². The summed E-state index contributed by atoms with van der Waals surface area (Å²) < 4.78 is 3.34. The van der Waals surface area contributed by atoms with E-state index in [0.717, 1.165) is 24.3 Å². The summed E-state index contributed by atoms with van der Waals surface area (Å²) in [6.07, 6.45) is 0. The normalized spacial score (nSPS) is 11.1. The zero-order valence-electron chi connectivity index (χ0n) is 13.3. The van der Waals surface area contributed by atoms with Crippen molar-refractivity contribution in [2.45, 2.75) is 0 Å². The molecule has 0 spiro atoms. The molecule has 22 heavy (non-hydrogen) atoms. The van der Waals surface area contributed by atoms with Gasteiger partial charge in [-0.3, -0.25) is 0 Å². The lowest BCUT2D eigenvalue weighted by atomic mass is 10.2. The highest BCUT2D eigenvalue weighted by Crippen LogP contribution is 2.31. The van der Waals surface area contributed by atoms with E-state index in [1.54, 1.807) is 11.3 Å². The van der Waals surface area contributed by atoms with E-state index in [1.807, 2.05) is 0 Å². The first kappa shape index (κ1) is 14.9. The van der Waals surface area contributed by atoms with Gasteiger partial charge in [-0.05, 0) is 24.3 Å². The maximum atomic E-state index is 4.79. The standard InChI is InChI=1S/C17H21N4S/c1-20(2)12-4-6-14-16(10-12)22-17-11-13(21(3)9-8-18)5-7-15(17)19-14/h4-7,10-11H,8-9,18H2,1-3H3/q+1/p+1. The first-order chi connectivity index (χ1) is 10.6. The summed E-state index contributed by atoms with van der Waals surface area (Å²) >= 11 is 1.80. The van der Waals surface area contributed by atoms with Crippen molar-refractivity contribution in [2.75, 3.05) is 39.1 Å². The Labute approximate surface area is 134 Å². The molecule has 2 aliphatic rings. The number of hydrogen-bond acceptors (Lipinski definition) is 3. The first-order valence-electron chi connectivity index (χ1n) is 7.44. The van der Waals surface area contributed by atoms with E-state index in [-0.39, 0.29) is 0 Å². The molecule has 0 fully saturated rings. The van der Waals surface area contributed by atoms with Crippen molar-refractivity contribution < 1.29 is 5.73 Å². The van der Waals surface area contributed by atoms with Crippen LogP contribution in [0.25, 0.3) is 20.8 Å². The fraction of sp³-hybridized carbons (Fsp3) is 0.294. The third-order valence-electron chi connectivity index (χ3n) is 3.80. The lowest BCUT2D eigenvalue weighted by molar-refractivity contribution is -0.363. The molecule has 3 rings (SSSR count). The predicted molar refractivity (Wildman–Crippen MR) is 94.4 cm³/mol. The van der Waals surface area contributed by atoms with Crippen LogP contribution >= 0.6 is 11.3 Å². The third kappa shape index (κ3) is 2.82. The minimum Gasteiger partial charge on any atom is -0.369 e. The zero-order valence-corrected chi connectivity index (χ0v) is 14.2. The second kappa shape index (κ2) is 6.02. The highest BCUT2D eigenvalue weighted by Gasteiger charge is 2.10. The smallest absolute Gasteiger partial charge is 0.201 e. The molecule has 0 saturated heterocycles. The average Bonchev–Trinajstić information content (AvgIpc) is 2.51. The Kier molecular flexibility index (Phi) is 4.09. The molecule has 4 nitrogen and oxygen atoms in total. The summed E-state index contributed by atoms with van der Waals surface area (Å²) in [7, 11) is 6.23. The molecular formula is C17H22N4S+2. The van der Waals surface area contributed by atoms with Gasteiger partial charge in [0.05, 0.1) is 33.9 Å². The molecule has 114 valence electrons. The van der Waals surface area contributed by atoms with Gasteiger partial charge < -0.3 is 10.6 Å². The van der Waals surface area contributed by atoms with Crippen LogP contribution in [0, 0.1) is 0 Å². The number of rotatable bonds is 3. The Morgan fingerprint density at radius 1 is 1.18 bits per heavy atom. The van der Waals surface area contributed by atoms with Crippen molar-refractivity contribution in [1.29, 1.82) is 0 Å². The molecule has 0 amide bonds. The van der Waals surface area contributed by atoms with E-state index in [2.05, 4.69) is 72.8 Å². The predicted octanol–water partition coefficient (Wildman–Crippen LogP) is 1.11. The molecule has 5 heteroatoms. The monoisotopic (exact) mass is 314 g/mol. The van der Waals surface area contributed by atoms with Gasteiger partial charge in [0.2, 0.25) is 5.36 Å². The fourth-order valence-electron chi connectivity index (χ4n) is 2.48. The molecule has 0 bridgehead atoms. The molecule has 1 aromatic carbocycles. The zero-order chi connectivity index (χ0) is 15.7. The van der Waals surface area contributed by atoms with Crippen LogP contribution in [0.5, 0.6) is 0 Å². The molecule has 3 N–H and O–H groups in total. The van der Waals surface area contributed by atoms with Crippen LogP contribution in [0.3, 0.4) is 0 Å². The van der Waals surface area contributed by atoms with Crippen LogP contribution in [0.1, 0.15) is 0 Å². The maximum Gasteiger partial charge on any atom is 0.201 e. The van der Waals surface area contributed by atoms with Crippen molar-refractivity contribution in [1.82, 2.24) is 9.56 Å². The van der Waals surface area contributed by atoms with E-state index in [0.29, 0.717) is 0 Å². The van der Waals surface area contributed by atoms with Gasteiger partial charge in [-0.2, -0.15) is 0 Å². The SMILES string of the molecule is CN(CC[NH3+])c1ccc2nc3ccc(=[N+](C)C)cc-3sc2c1. The molecule has 0 unspecified atom stereocenters. The van der Waals surface area contributed by atoms with Crippen LogP contribution in [0.2, 0.25) is 0 Å². The fourth-order valence-corrected chi connectivity index (χ4v) is 3.52. The van der Waals surface area contributed by atoms with Crippen molar-refractivity contribution in [2.24, 2.45) is 0 Å². The second-order valence-electron chi connectivity index (χ2n) is 5.69. The lowest BCUT2D eigenvalue weighted by Gasteiger charge is -2.17. The molecule has 0 aromatic heterocycles. The highest BCUT2D eigenvalue weighted by molar-refractivity contribution is 7.21. The summed E-state index contributed by atoms with van der Waals surface area (Å²) in [6, 6.07) is 12.9. The minimum absolute atomic E-state index is 0.903. The first-order valence-corrected chi connectivity index (χ1v) is 8.25. The molecule has 0 saturated carbocycles. The quantitative estimate of drug-likeness (QED) is 0.581. The second-order valence-corrected chi connectivity index (χ2v) is 6.77. The molecule has 1 heterocycles. The molecule has 1 aromatic rings. The van der Waals surface area contributed by atoms with Crippen molar-refractivity contribution >= 4 is 27.2 Å². The van der Waals surface area contributed by atoms with Crippen LogP contribution in [0.15, 0.2) is 36.4 Å². The minimum atomic E-state index is 0.903. The summed E-state index contributed by atoms with van der Waals surface area (Å²) in [5.74, 6) is 0. The number of anilines is 1. The summed E-state index contributed by atoms with van der Waals surface area (Å²) in [5.41, 5.74) is 7.26. The summed E-state index contributed by atoms with van der Waals surface area (Å²) in [5, 5.41) is 1.20. The number of nitrogens with zero attached hydrogens (tertiary/aromatic N) is 3. The topological polar surface area (TPSA) is 46.8 Å². The summed E-state index contributed by atoms with van der Waals surface area (Å²) in [4.78, 5) is 8.24. The molecule has 0 atom stereocenters. The number of likely N-dealkylation sites (N-methyl/N-ethyl adjacent to an activating group) is 1. The van der Waals surface area contributed by atoms with Crippen LogP contribution in [0.4, 0.5) is 5.69 Å². The van der Waals surface area contributed by atoms with E-state index in [4.69, 9.17) is 4.98 Å². The van der Waals surface area contributed by atoms with Gasteiger partial charge in [0.15, 0.2) is 0 Å². The molecule has 0 radical (unpaired) electrons. The summed E-state index contributed by atoms with van der Waals surface area (Å²) in [6.45, 7) is 1.86. The Bertz CT molecular complexity index is 849. The van der Waals surface area contributed by atoms with Gasteiger partial charge in [-0.25, -0.2) is 9.56 Å². The van der Waals surface area contributed by atoms with E-state index in [9.17, 15) is 0 Å². The van der Waals surface area contributed by atoms with Gasteiger partial charge in [-0.1, -0.05) is 0 Å². The van der Waals surface area contributed by atoms with Crippen molar-refractivity contribution in [3.05, 3.63) is 41.8 Å². The van der Waals surface area contributed by atoms with E-state index >= 15 is 0 Å². The molecular weight excluding hydrogens is 292 g/mol.